The van der Waals surface area contributed by atoms with E-state index in [0.29, 0.717) is 6.54 Å². The van der Waals surface area contributed by atoms with Gasteiger partial charge in [0.1, 0.15) is 17.8 Å². The molecule has 3 aromatic rings. The van der Waals surface area contributed by atoms with Crippen LogP contribution in [0.1, 0.15) is 12.8 Å². The zero-order chi connectivity index (χ0) is 17.8. The van der Waals surface area contributed by atoms with Gasteiger partial charge in [-0.3, -0.25) is 4.79 Å². The Balaban J connectivity index is 1.35. The molecule has 1 atom stereocenters. The molecule has 0 radical (unpaired) electrons. The van der Waals surface area contributed by atoms with Gasteiger partial charge in [0.25, 0.3) is 0 Å². The van der Waals surface area contributed by atoms with E-state index in [2.05, 4.69) is 30.5 Å². The molecular weight excluding hydrogens is 328 g/mol. The Morgan fingerprint density at radius 1 is 1.23 bits per heavy atom. The standard InChI is InChI=1S/C19H22N6O/c26-17(24-14-5-2-1-3-6-14)11-21-15-7-4-10-25(12-15)19-16-8-9-20-18(16)22-13-23-19/h1-3,5-6,8-9,13,15,21H,4,7,10-12H2,(H,24,26)(H,20,22,23). The minimum Gasteiger partial charge on any atom is -0.354 e. The Morgan fingerprint density at radius 3 is 3.00 bits per heavy atom. The molecular formula is C19H22N6O. The smallest absolute Gasteiger partial charge is 0.238 e. The molecule has 1 aliphatic heterocycles. The molecule has 0 bridgehead atoms. The highest BCUT2D eigenvalue weighted by molar-refractivity contribution is 5.92. The van der Waals surface area contributed by atoms with Gasteiger partial charge in [0.2, 0.25) is 5.91 Å². The molecule has 0 saturated carbocycles. The molecule has 4 rings (SSSR count). The van der Waals surface area contributed by atoms with Gasteiger partial charge in [-0.1, -0.05) is 18.2 Å². The lowest BCUT2D eigenvalue weighted by molar-refractivity contribution is -0.115. The summed E-state index contributed by atoms with van der Waals surface area (Å²) in [5, 5.41) is 7.32. The number of aromatic nitrogens is 3. The number of nitrogens with one attached hydrogen (secondary N) is 3. The van der Waals surface area contributed by atoms with Crippen molar-refractivity contribution in [3.63, 3.8) is 0 Å². The van der Waals surface area contributed by atoms with Crippen molar-refractivity contribution in [1.82, 2.24) is 20.3 Å². The Labute approximate surface area is 151 Å². The van der Waals surface area contributed by atoms with Gasteiger partial charge in [-0.2, -0.15) is 0 Å². The zero-order valence-electron chi connectivity index (χ0n) is 14.5. The maximum absolute atomic E-state index is 12.1. The molecule has 1 fully saturated rings. The third kappa shape index (κ3) is 3.67. The number of nitrogens with zero attached hydrogens (tertiary/aromatic N) is 3. The molecule has 1 saturated heterocycles. The second-order valence-electron chi connectivity index (χ2n) is 6.52. The van der Waals surface area contributed by atoms with E-state index in [0.717, 1.165) is 48.5 Å². The number of benzene rings is 1. The highest BCUT2D eigenvalue weighted by Crippen LogP contribution is 2.24. The molecule has 1 aliphatic rings. The summed E-state index contributed by atoms with van der Waals surface area (Å²) in [5.74, 6) is 0.930. The lowest BCUT2D eigenvalue weighted by atomic mass is 10.1. The predicted octanol–water partition coefficient (Wildman–Crippen LogP) is 2.15. The molecule has 1 unspecified atom stereocenters. The molecule has 2 aromatic heterocycles. The first-order valence-electron chi connectivity index (χ1n) is 8.91. The first kappa shape index (κ1) is 16.5. The Kier molecular flexibility index (Phi) is 4.79. The van der Waals surface area contributed by atoms with Crippen molar-refractivity contribution < 1.29 is 4.79 Å². The number of fused-ring (bicyclic) bond motifs is 1. The molecule has 7 heteroatoms. The number of amides is 1. The molecule has 7 nitrogen and oxygen atoms in total. The number of H-pyrrole nitrogens is 1. The first-order chi connectivity index (χ1) is 12.8. The second-order valence-corrected chi connectivity index (χ2v) is 6.52. The highest BCUT2D eigenvalue weighted by atomic mass is 16.1. The van der Waals surface area contributed by atoms with Crippen molar-refractivity contribution in [2.75, 3.05) is 29.9 Å². The Morgan fingerprint density at radius 2 is 2.12 bits per heavy atom. The monoisotopic (exact) mass is 350 g/mol. The lowest BCUT2D eigenvalue weighted by Crippen LogP contribution is -2.48. The van der Waals surface area contributed by atoms with Crippen molar-refractivity contribution in [3.05, 3.63) is 48.9 Å². The van der Waals surface area contributed by atoms with Crippen molar-refractivity contribution in [2.45, 2.75) is 18.9 Å². The molecule has 0 spiro atoms. The minimum atomic E-state index is -0.0246. The van der Waals surface area contributed by atoms with Crippen LogP contribution in [-0.2, 0) is 4.79 Å². The number of rotatable bonds is 5. The van der Waals surface area contributed by atoms with Crippen molar-refractivity contribution in [2.24, 2.45) is 0 Å². The normalized spacial score (nSPS) is 17.4. The van der Waals surface area contributed by atoms with Crippen molar-refractivity contribution in [3.8, 4) is 0 Å². The molecule has 3 heterocycles. The highest BCUT2D eigenvalue weighted by Gasteiger charge is 2.22. The quantitative estimate of drug-likeness (QED) is 0.656. The van der Waals surface area contributed by atoms with E-state index in [9.17, 15) is 4.79 Å². The fourth-order valence-electron chi connectivity index (χ4n) is 3.41. The van der Waals surface area contributed by atoms with Crippen LogP contribution in [0.2, 0.25) is 0 Å². The minimum absolute atomic E-state index is 0.0246. The first-order valence-corrected chi connectivity index (χ1v) is 8.91. The van der Waals surface area contributed by atoms with Crippen LogP contribution in [0.3, 0.4) is 0 Å². The largest absolute Gasteiger partial charge is 0.354 e. The van der Waals surface area contributed by atoms with Crippen LogP contribution in [0.4, 0.5) is 11.5 Å². The number of carbonyl (C=O) groups is 1. The number of para-hydroxylation sites is 1. The van der Waals surface area contributed by atoms with Gasteiger partial charge in [0.05, 0.1) is 11.9 Å². The van der Waals surface area contributed by atoms with E-state index >= 15 is 0 Å². The molecule has 0 aliphatic carbocycles. The summed E-state index contributed by atoms with van der Waals surface area (Å²) in [7, 11) is 0. The Bertz CT molecular complexity index is 878. The van der Waals surface area contributed by atoms with Gasteiger partial charge in [-0.05, 0) is 31.0 Å². The van der Waals surface area contributed by atoms with Gasteiger partial charge in [-0.25, -0.2) is 9.97 Å². The maximum Gasteiger partial charge on any atom is 0.238 e. The summed E-state index contributed by atoms with van der Waals surface area (Å²) in [6.45, 7) is 2.10. The van der Waals surface area contributed by atoms with E-state index in [1.54, 1.807) is 6.33 Å². The van der Waals surface area contributed by atoms with E-state index in [-0.39, 0.29) is 11.9 Å². The molecule has 1 aromatic carbocycles. The predicted molar refractivity (Wildman–Crippen MR) is 102 cm³/mol. The SMILES string of the molecule is O=C(CNC1CCCN(c2ncnc3[nH]ccc23)C1)Nc1ccccc1. The summed E-state index contributed by atoms with van der Waals surface area (Å²) in [6, 6.07) is 11.8. The van der Waals surface area contributed by atoms with Gasteiger partial charge >= 0.3 is 0 Å². The van der Waals surface area contributed by atoms with Crippen LogP contribution in [0.5, 0.6) is 0 Å². The fraction of sp³-hybridized carbons (Fsp3) is 0.316. The Hall–Kier alpha value is -2.93. The zero-order valence-corrected chi connectivity index (χ0v) is 14.5. The van der Waals surface area contributed by atoms with Gasteiger partial charge < -0.3 is 20.5 Å². The van der Waals surface area contributed by atoms with Crippen LogP contribution in [0.15, 0.2) is 48.9 Å². The van der Waals surface area contributed by atoms with E-state index < -0.39 is 0 Å². The maximum atomic E-state index is 12.1. The topological polar surface area (TPSA) is 85.9 Å². The van der Waals surface area contributed by atoms with Crippen molar-refractivity contribution in [1.29, 1.82) is 0 Å². The van der Waals surface area contributed by atoms with Crippen molar-refractivity contribution >= 4 is 28.4 Å². The summed E-state index contributed by atoms with van der Waals surface area (Å²) in [5.41, 5.74) is 1.67. The van der Waals surface area contributed by atoms with Crippen LogP contribution >= 0.6 is 0 Å². The van der Waals surface area contributed by atoms with E-state index in [4.69, 9.17) is 0 Å². The second kappa shape index (κ2) is 7.53. The van der Waals surface area contributed by atoms with Gasteiger partial charge in [0.15, 0.2) is 0 Å². The number of hydrogen-bond acceptors (Lipinski definition) is 5. The average Bonchev–Trinajstić information content (AvgIpc) is 3.16. The number of aromatic amines is 1. The van der Waals surface area contributed by atoms with Crippen LogP contribution in [0.25, 0.3) is 11.0 Å². The number of hydrogen-bond donors (Lipinski definition) is 3. The molecule has 1 amide bonds. The van der Waals surface area contributed by atoms with E-state index in [1.807, 2.05) is 42.6 Å². The third-order valence-electron chi connectivity index (χ3n) is 4.66. The molecule has 3 N–H and O–H groups in total. The molecule has 26 heavy (non-hydrogen) atoms. The number of anilines is 2. The van der Waals surface area contributed by atoms with E-state index in [1.165, 1.54) is 0 Å². The lowest BCUT2D eigenvalue weighted by Gasteiger charge is -2.34. The van der Waals surface area contributed by atoms with Gasteiger partial charge in [-0.15, -0.1) is 0 Å². The summed E-state index contributed by atoms with van der Waals surface area (Å²) >= 11 is 0. The summed E-state index contributed by atoms with van der Waals surface area (Å²) in [6.07, 6.45) is 5.60. The number of piperidine rings is 1. The number of carbonyl (C=O) groups excluding carboxylic acids is 1. The van der Waals surface area contributed by atoms with Crippen LogP contribution in [-0.4, -0.2) is 46.5 Å². The van der Waals surface area contributed by atoms with Crippen LogP contribution in [0, 0.1) is 0 Å². The summed E-state index contributed by atoms with van der Waals surface area (Å²) < 4.78 is 0. The summed E-state index contributed by atoms with van der Waals surface area (Å²) in [4.78, 5) is 26.3. The molecule has 134 valence electrons. The third-order valence-corrected chi connectivity index (χ3v) is 4.66. The van der Waals surface area contributed by atoms with Crippen LogP contribution < -0.4 is 15.5 Å². The fourth-order valence-corrected chi connectivity index (χ4v) is 3.41. The average molecular weight is 350 g/mol. The van der Waals surface area contributed by atoms with Gasteiger partial charge in [0, 0.05) is 31.0 Å².